The van der Waals surface area contributed by atoms with Crippen LogP contribution in [0.4, 0.5) is 11.4 Å². The zero-order chi connectivity index (χ0) is 17.2. The summed E-state index contributed by atoms with van der Waals surface area (Å²) in [4.78, 5) is 15.3. The number of hydrogen-bond donors (Lipinski definition) is 2. The molecule has 0 bridgehead atoms. The maximum absolute atomic E-state index is 12.7. The van der Waals surface area contributed by atoms with Crippen LogP contribution in [0.1, 0.15) is 6.92 Å². The molecule has 6 nitrogen and oxygen atoms in total. The monoisotopic (exact) mass is 341 g/mol. The number of anilines is 2. The first-order valence-corrected chi connectivity index (χ1v) is 8.68. The molecule has 0 fully saturated rings. The number of carbonyl (C=O) groups excluding carboxylic acids is 1. The highest BCUT2D eigenvalue weighted by molar-refractivity contribution is 7.93. The number of fused-ring (bicyclic) bond motifs is 1. The molecule has 1 aromatic heterocycles. The second-order valence-corrected chi connectivity index (χ2v) is 6.85. The Bertz CT molecular complexity index is 994. The van der Waals surface area contributed by atoms with Crippen molar-refractivity contribution < 1.29 is 13.2 Å². The molecule has 0 aliphatic heterocycles. The van der Waals surface area contributed by atoms with Gasteiger partial charge in [0.25, 0.3) is 10.0 Å². The minimum absolute atomic E-state index is 0.117. The molecule has 0 unspecified atom stereocenters. The van der Waals surface area contributed by atoms with E-state index in [9.17, 15) is 13.2 Å². The van der Waals surface area contributed by atoms with Crippen LogP contribution in [0, 0.1) is 0 Å². The maximum Gasteiger partial charge on any atom is 0.264 e. The van der Waals surface area contributed by atoms with Gasteiger partial charge < -0.3 is 5.32 Å². The second-order valence-electron chi connectivity index (χ2n) is 5.20. The van der Waals surface area contributed by atoms with Crippen LogP contribution in [0.2, 0.25) is 0 Å². The average Bonchev–Trinajstić information content (AvgIpc) is 2.55. The number of benzene rings is 2. The van der Waals surface area contributed by atoms with E-state index >= 15 is 0 Å². The molecule has 1 heterocycles. The summed E-state index contributed by atoms with van der Waals surface area (Å²) >= 11 is 0. The molecule has 0 spiro atoms. The van der Waals surface area contributed by atoms with Crippen LogP contribution in [0.3, 0.4) is 0 Å². The summed E-state index contributed by atoms with van der Waals surface area (Å²) in [5, 5.41) is 3.38. The van der Waals surface area contributed by atoms with Gasteiger partial charge in [-0.25, -0.2) is 8.42 Å². The summed E-state index contributed by atoms with van der Waals surface area (Å²) in [6, 6.07) is 15.0. The van der Waals surface area contributed by atoms with Crippen LogP contribution >= 0.6 is 0 Å². The molecule has 3 rings (SSSR count). The van der Waals surface area contributed by atoms with Crippen molar-refractivity contribution in [2.24, 2.45) is 0 Å². The van der Waals surface area contributed by atoms with Gasteiger partial charge in [0.15, 0.2) is 0 Å². The molecular formula is C17H15N3O3S. The van der Waals surface area contributed by atoms with E-state index < -0.39 is 10.0 Å². The fourth-order valence-corrected chi connectivity index (χ4v) is 3.57. The lowest BCUT2D eigenvalue weighted by molar-refractivity contribution is -0.114. The average molecular weight is 341 g/mol. The third-order valence-electron chi connectivity index (χ3n) is 3.34. The fourth-order valence-electron chi connectivity index (χ4n) is 2.33. The minimum atomic E-state index is -3.78. The van der Waals surface area contributed by atoms with Crippen molar-refractivity contribution >= 4 is 38.2 Å². The Labute approximate surface area is 139 Å². The van der Waals surface area contributed by atoms with Crippen molar-refractivity contribution in [2.75, 3.05) is 10.0 Å². The number of aromatic nitrogens is 1. The highest BCUT2D eigenvalue weighted by atomic mass is 32.2. The smallest absolute Gasteiger partial charge is 0.264 e. The number of carbonyl (C=O) groups is 1. The molecule has 2 aromatic carbocycles. The molecule has 7 heteroatoms. The lowest BCUT2D eigenvalue weighted by atomic mass is 10.2. The molecule has 3 aromatic rings. The summed E-state index contributed by atoms with van der Waals surface area (Å²) in [5.74, 6) is -0.190. The third-order valence-corrected chi connectivity index (χ3v) is 4.76. The third kappa shape index (κ3) is 3.36. The first-order chi connectivity index (χ1) is 11.5. The molecule has 0 aliphatic rings. The number of para-hydroxylation sites is 1. The van der Waals surface area contributed by atoms with Gasteiger partial charge in [-0.15, -0.1) is 0 Å². The largest absolute Gasteiger partial charge is 0.326 e. The molecular weight excluding hydrogens is 326 g/mol. The van der Waals surface area contributed by atoms with E-state index in [0.29, 0.717) is 16.9 Å². The Morgan fingerprint density at radius 2 is 1.62 bits per heavy atom. The van der Waals surface area contributed by atoms with Gasteiger partial charge in [0.2, 0.25) is 5.91 Å². The van der Waals surface area contributed by atoms with Crippen molar-refractivity contribution in [1.82, 2.24) is 4.98 Å². The zero-order valence-electron chi connectivity index (χ0n) is 12.9. The van der Waals surface area contributed by atoms with Gasteiger partial charge in [-0.3, -0.25) is 14.5 Å². The molecule has 122 valence electrons. The molecule has 1 amide bonds. The van der Waals surface area contributed by atoms with Gasteiger partial charge in [0, 0.05) is 29.9 Å². The first-order valence-electron chi connectivity index (χ1n) is 7.20. The molecule has 0 atom stereocenters. The van der Waals surface area contributed by atoms with Gasteiger partial charge >= 0.3 is 0 Å². The first kappa shape index (κ1) is 15.9. The normalized spacial score (nSPS) is 11.2. The molecule has 0 saturated heterocycles. The summed E-state index contributed by atoms with van der Waals surface area (Å²) in [6.45, 7) is 1.41. The molecule has 24 heavy (non-hydrogen) atoms. The van der Waals surface area contributed by atoms with Crippen molar-refractivity contribution in [3.8, 4) is 0 Å². The molecule has 0 aliphatic carbocycles. The van der Waals surface area contributed by atoms with E-state index in [1.165, 1.54) is 13.0 Å². The molecule has 0 radical (unpaired) electrons. The van der Waals surface area contributed by atoms with E-state index in [1.807, 2.05) is 12.1 Å². The summed E-state index contributed by atoms with van der Waals surface area (Å²) in [5.41, 5.74) is 1.41. The lowest BCUT2D eigenvalue weighted by Gasteiger charge is -2.10. The van der Waals surface area contributed by atoms with Crippen LogP contribution in [0.5, 0.6) is 0 Å². The Morgan fingerprint density at radius 1 is 0.958 bits per heavy atom. The van der Waals surface area contributed by atoms with E-state index in [1.54, 1.807) is 42.6 Å². The van der Waals surface area contributed by atoms with Crippen LogP contribution in [-0.2, 0) is 14.8 Å². The predicted octanol–water partition coefficient (Wildman–Crippen LogP) is 2.99. The number of nitrogens with one attached hydrogen (secondary N) is 2. The number of pyridine rings is 1. The van der Waals surface area contributed by atoms with E-state index in [4.69, 9.17) is 0 Å². The minimum Gasteiger partial charge on any atom is -0.326 e. The van der Waals surface area contributed by atoms with Crippen molar-refractivity contribution in [3.05, 3.63) is 60.8 Å². The molecule has 2 N–H and O–H groups in total. The summed E-state index contributed by atoms with van der Waals surface area (Å²) in [6.07, 6.45) is 1.56. The number of rotatable bonds is 4. The topological polar surface area (TPSA) is 88.2 Å². The van der Waals surface area contributed by atoms with Gasteiger partial charge in [0.1, 0.15) is 4.90 Å². The summed E-state index contributed by atoms with van der Waals surface area (Å²) < 4.78 is 27.8. The van der Waals surface area contributed by atoms with Crippen molar-refractivity contribution in [2.45, 2.75) is 11.8 Å². The fraction of sp³-hybridized carbons (Fsp3) is 0.0588. The SMILES string of the molecule is CC(=O)Nc1ccc(NS(=O)(=O)c2cccc3cccnc23)cc1. The van der Waals surface area contributed by atoms with Crippen LogP contribution in [0.25, 0.3) is 10.9 Å². The maximum atomic E-state index is 12.7. The van der Waals surface area contributed by atoms with Crippen molar-refractivity contribution in [1.29, 1.82) is 0 Å². The highest BCUT2D eigenvalue weighted by Crippen LogP contribution is 2.23. The number of nitrogens with zero attached hydrogens (tertiary/aromatic N) is 1. The Morgan fingerprint density at radius 3 is 2.33 bits per heavy atom. The van der Waals surface area contributed by atoms with Crippen LogP contribution < -0.4 is 10.0 Å². The number of amides is 1. The van der Waals surface area contributed by atoms with E-state index in [-0.39, 0.29) is 10.8 Å². The van der Waals surface area contributed by atoms with E-state index in [0.717, 1.165) is 5.39 Å². The Balaban J connectivity index is 1.92. The van der Waals surface area contributed by atoms with Gasteiger partial charge in [-0.2, -0.15) is 0 Å². The second kappa shape index (κ2) is 6.29. The van der Waals surface area contributed by atoms with Crippen LogP contribution in [0.15, 0.2) is 65.7 Å². The zero-order valence-corrected chi connectivity index (χ0v) is 13.7. The van der Waals surface area contributed by atoms with Gasteiger partial charge in [0.05, 0.1) is 5.52 Å². The van der Waals surface area contributed by atoms with Crippen molar-refractivity contribution in [3.63, 3.8) is 0 Å². The van der Waals surface area contributed by atoms with Gasteiger partial charge in [-0.1, -0.05) is 18.2 Å². The number of hydrogen-bond acceptors (Lipinski definition) is 4. The predicted molar refractivity (Wildman–Crippen MR) is 93.3 cm³/mol. The standard InChI is InChI=1S/C17H15N3O3S/c1-12(21)19-14-7-9-15(10-8-14)20-24(22,23)16-6-2-4-13-5-3-11-18-17(13)16/h2-11,20H,1H3,(H,19,21). The lowest BCUT2D eigenvalue weighted by Crippen LogP contribution is -2.14. The van der Waals surface area contributed by atoms with Crippen LogP contribution in [-0.4, -0.2) is 19.3 Å². The summed E-state index contributed by atoms with van der Waals surface area (Å²) in [7, 11) is -3.78. The quantitative estimate of drug-likeness (QED) is 0.763. The Kier molecular flexibility index (Phi) is 4.18. The Hall–Kier alpha value is -2.93. The number of sulfonamides is 1. The van der Waals surface area contributed by atoms with Gasteiger partial charge in [-0.05, 0) is 36.4 Å². The highest BCUT2D eigenvalue weighted by Gasteiger charge is 2.18. The molecule has 0 saturated carbocycles. The van der Waals surface area contributed by atoms with E-state index in [2.05, 4.69) is 15.0 Å².